The number of sulfone groups is 1. The Morgan fingerprint density at radius 2 is 1.42 bits per heavy atom. The van der Waals surface area contributed by atoms with Crippen LogP contribution in [-0.4, -0.2) is 40.6 Å². The largest absolute Gasteiger partial charge is 0.486 e. The summed E-state index contributed by atoms with van der Waals surface area (Å²) in [5.41, 5.74) is 1.52. The molecule has 0 aliphatic carbocycles. The molecule has 0 N–H and O–H groups in total. The summed E-state index contributed by atoms with van der Waals surface area (Å²) in [5, 5.41) is 0. The first-order valence-electron chi connectivity index (χ1n) is 7.97. The highest BCUT2D eigenvalue weighted by Gasteiger charge is 2.28. The number of hydrogen-bond donors (Lipinski definition) is 0. The molecule has 26 heavy (non-hydrogen) atoms. The number of benzene rings is 2. The molecular weight excluding hydrogens is 378 g/mol. The molecule has 0 spiro atoms. The summed E-state index contributed by atoms with van der Waals surface area (Å²) in [6, 6.07) is 9.26. The van der Waals surface area contributed by atoms with Gasteiger partial charge in [0.05, 0.1) is 16.0 Å². The Kier molecular flexibility index (Phi) is 3.98. The smallest absolute Gasteiger partial charge is 0.211 e. The Labute approximate surface area is 152 Å². The second-order valence-electron chi connectivity index (χ2n) is 6.27. The van der Waals surface area contributed by atoms with Crippen LogP contribution in [0.15, 0.2) is 46.2 Å². The van der Waals surface area contributed by atoms with Gasteiger partial charge in [-0.1, -0.05) is 6.07 Å². The first kappa shape index (κ1) is 17.3. The lowest BCUT2D eigenvalue weighted by Crippen LogP contribution is -2.23. The van der Waals surface area contributed by atoms with E-state index in [9.17, 15) is 16.8 Å². The van der Waals surface area contributed by atoms with E-state index >= 15 is 0 Å². The summed E-state index contributed by atoms with van der Waals surface area (Å²) in [4.78, 5) is 0.239. The van der Waals surface area contributed by atoms with Crippen molar-refractivity contribution in [2.24, 2.45) is 0 Å². The molecule has 0 unspecified atom stereocenters. The van der Waals surface area contributed by atoms with Crippen molar-refractivity contribution in [1.29, 1.82) is 0 Å². The maximum absolute atomic E-state index is 13.0. The maximum Gasteiger partial charge on any atom is 0.211 e. The van der Waals surface area contributed by atoms with Crippen LogP contribution in [0, 0.1) is 0 Å². The topological polar surface area (TPSA) is 90.0 Å². The molecule has 138 valence electrons. The van der Waals surface area contributed by atoms with Gasteiger partial charge in [0, 0.05) is 19.2 Å². The molecule has 2 aliphatic rings. The number of sulfonamides is 1. The standard InChI is InChI=1S/C17H17NO6S2/c1-25(19,20)18-10-12-2-3-14(8-13(12)11-18)26(21,22)15-4-5-16-17(9-15)24-7-6-23-16/h2-5,8-9H,6-7,10-11H2,1H3. The van der Waals surface area contributed by atoms with Crippen LogP contribution in [0.2, 0.25) is 0 Å². The average molecular weight is 395 g/mol. The molecule has 0 fully saturated rings. The monoisotopic (exact) mass is 395 g/mol. The number of fused-ring (bicyclic) bond motifs is 2. The first-order valence-corrected chi connectivity index (χ1v) is 11.3. The van der Waals surface area contributed by atoms with Gasteiger partial charge in [-0.15, -0.1) is 0 Å². The molecule has 0 radical (unpaired) electrons. The van der Waals surface area contributed by atoms with E-state index in [0.717, 1.165) is 11.8 Å². The fraction of sp³-hybridized carbons (Fsp3) is 0.294. The molecular formula is C17H17NO6S2. The van der Waals surface area contributed by atoms with Gasteiger partial charge in [-0.3, -0.25) is 0 Å². The quantitative estimate of drug-likeness (QED) is 0.784. The Morgan fingerprint density at radius 3 is 2.15 bits per heavy atom. The van der Waals surface area contributed by atoms with Gasteiger partial charge in [0.15, 0.2) is 11.5 Å². The van der Waals surface area contributed by atoms with Gasteiger partial charge in [-0.25, -0.2) is 16.8 Å². The van der Waals surface area contributed by atoms with E-state index in [1.54, 1.807) is 18.2 Å². The minimum absolute atomic E-state index is 0.111. The Hall–Kier alpha value is -2.10. The van der Waals surface area contributed by atoms with E-state index in [0.29, 0.717) is 30.3 Å². The van der Waals surface area contributed by atoms with Crippen molar-refractivity contribution >= 4 is 19.9 Å². The van der Waals surface area contributed by atoms with E-state index < -0.39 is 19.9 Å². The molecule has 2 aliphatic heterocycles. The summed E-state index contributed by atoms with van der Waals surface area (Å²) in [6.07, 6.45) is 1.14. The Morgan fingerprint density at radius 1 is 0.808 bits per heavy atom. The van der Waals surface area contributed by atoms with Crippen LogP contribution in [0.5, 0.6) is 11.5 Å². The molecule has 0 atom stereocenters. The minimum Gasteiger partial charge on any atom is -0.486 e. The molecule has 7 nitrogen and oxygen atoms in total. The zero-order chi connectivity index (χ0) is 18.5. The highest BCUT2D eigenvalue weighted by molar-refractivity contribution is 7.91. The zero-order valence-electron chi connectivity index (χ0n) is 14.0. The highest BCUT2D eigenvalue weighted by atomic mass is 32.2. The van der Waals surface area contributed by atoms with Crippen LogP contribution in [0.25, 0.3) is 0 Å². The SMILES string of the molecule is CS(=O)(=O)N1Cc2ccc(S(=O)(=O)c3ccc4c(c3)OCCO4)cc2C1. The van der Waals surface area contributed by atoms with Crippen molar-refractivity contribution < 1.29 is 26.3 Å². The summed E-state index contributed by atoms with van der Waals surface area (Å²) in [7, 11) is -7.08. The molecule has 2 aromatic rings. The third kappa shape index (κ3) is 2.95. The normalized spacial score (nSPS) is 17.1. The second kappa shape index (κ2) is 5.97. The maximum atomic E-state index is 13.0. The summed E-state index contributed by atoms with van der Waals surface area (Å²) in [5.74, 6) is 0.926. The number of rotatable bonds is 3. The summed E-state index contributed by atoms with van der Waals surface area (Å²) in [6.45, 7) is 1.24. The summed E-state index contributed by atoms with van der Waals surface area (Å²) < 4.78 is 61.6. The fourth-order valence-corrected chi connectivity index (χ4v) is 5.14. The lowest BCUT2D eigenvalue weighted by Gasteiger charge is -2.19. The zero-order valence-corrected chi connectivity index (χ0v) is 15.6. The number of nitrogens with zero attached hydrogens (tertiary/aromatic N) is 1. The average Bonchev–Trinajstić information content (AvgIpc) is 3.05. The van der Waals surface area contributed by atoms with Crippen molar-refractivity contribution in [3.8, 4) is 11.5 Å². The van der Waals surface area contributed by atoms with Crippen molar-refractivity contribution in [2.45, 2.75) is 22.9 Å². The van der Waals surface area contributed by atoms with Crippen LogP contribution in [-0.2, 0) is 33.0 Å². The molecule has 9 heteroatoms. The Balaban J connectivity index is 1.70. The molecule has 0 saturated heterocycles. The molecule has 0 aromatic heterocycles. The van der Waals surface area contributed by atoms with Crippen molar-refractivity contribution in [3.63, 3.8) is 0 Å². The molecule has 2 heterocycles. The van der Waals surface area contributed by atoms with Gasteiger partial charge in [0.25, 0.3) is 0 Å². The number of hydrogen-bond acceptors (Lipinski definition) is 6. The van der Waals surface area contributed by atoms with Crippen molar-refractivity contribution in [1.82, 2.24) is 4.31 Å². The predicted molar refractivity (Wildman–Crippen MR) is 93.4 cm³/mol. The van der Waals surface area contributed by atoms with Gasteiger partial charge >= 0.3 is 0 Å². The van der Waals surface area contributed by atoms with Crippen LogP contribution >= 0.6 is 0 Å². The van der Waals surface area contributed by atoms with Crippen molar-refractivity contribution in [3.05, 3.63) is 47.5 Å². The third-order valence-electron chi connectivity index (χ3n) is 4.47. The van der Waals surface area contributed by atoms with Gasteiger partial charge in [0.1, 0.15) is 13.2 Å². The molecule has 2 aromatic carbocycles. The molecule has 0 saturated carbocycles. The molecule has 4 rings (SSSR count). The fourth-order valence-electron chi connectivity index (χ4n) is 3.07. The van der Waals surface area contributed by atoms with Crippen LogP contribution in [0.1, 0.15) is 11.1 Å². The lowest BCUT2D eigenvalue weighted by atomic mass is 10.1. The third-order valence-corrected chi connectivity index (χ3v) is 7.42. The molecule has 0 bridgehead atoms. The lowest BCUT2D eigenvalue weighted by molar-refractivity contribution is 0.171. The van der Waals surface area contributed by atoms with Crippen LogP contribution in [0.3, 0.4) is 0 Å². The highest BCUT2D eigenvalue weighted by Crippen LogP contribution is 2.35. The van der Waals surface area contributed by atoms with E-state index in [2.05, 4.69) is 0 Å². The van der Waals surface area contributed by atoms with Gasteiger partial charge in [-0.2, -0.15) is 4.31 Å². The van der Waals surface area contributed by atoms with E-state index in [4.69, 9.17) is 9.47 Å². The molecule has 0 amide bonds. The summed E-state index contributed by atoms with van der Waals surface area (Å²) >= 11 is 0. The van der Waals surface area contributed by atoms with Crippen LogP contribution in [0.4, 0.5) is 0 Å². The predicted octanol–water partition coefficient (Wildman–Crippen LogP) is 1.57. The van der Waals surface area contributed by atoms with Gasteiger partial charge < -0.3 is 9.47 Å². The van der Waals surface area contributed by atoms with E-state index in [1.165, 1.54) is 22.5 Å². The second-order valence-corrected chi connectivity index (χ2v) is 10.2. The first-order chi connectivity index (χ1) is 12.2. The van der Waals surface area contributed by atoms with Gasteiger partial charge in [0.2, 0.25) is 19.9 Å². The Bertz CT molecular complexity index is 1090. The van der Waals surface area contributed by atoms with Gasteiger partial charge in [-0.05, 0) is 35.4 Å². The number of ether oxygens (including phenoxy) is 2. The minimum atomic E-state index is -3.75. The van der Waals surface area contributed by atoms with E-state index in [1.807, 2.05) is 0 Å². The van der Waals surface area contributed by atoms with Crippen LogP contribution < -0.4 is 9.47 Å². The van der Waals surface area contributed by atoms with E-state index in [-0.39, 0.29) is 22.9 Å². The van der Waals surface area contributed by atoms with Crippen molar-refractivity contribution in [2.75, 3.05) is 19.5 Å².